The maximum absolute atomic E-state index is 12.4. The Hall–Kier alpha value is -0.870. The number of piperidine rings is 1. The van der Waals surface area contributed by atoms with Crippen molar-refractivity contribution in [1.29, 1.82) is 0 Å². The van der Waals surface area contributed by atoms with E-state index < -0.39 is 0 Å². The Kier molecular flexibility index (Phi) is 5.40. The lowest BCUT2D eigenvalue weighted by Crippen LogP contribution is -2.48. The van der Waals surface area contributed by atoms with Crippen molar-refractivity contribution in [2.24, 2.45) is 0 Å². The van der Waals surface area contributed by atoms with Crippen molar-refractivity contribution in [3.8, 4) is 0 Å². The number of nitrogens with one attached hydrogen (secondary N) is 1. The summed E-state index contributed by atoms with van der Waals surface area (Å²) in [5.74, 6) is 0.251. The molecule has 19 heavy (non-hydrogen) atoms. The Bertz CT molecular complexity index is 383. The van der Waals surface area contributed by atoms with Gasteiger partial charge in [-0.05, 0) is 55.6 Å². The third kappa shape index (κ3) is 4.32. The highest BCUT2D eigenvalue weighted by atomic mass is 32.1. The molecule has 2 rings (SSSR count). The monoisotopic (exact) mass is 280 g/mol. The van der Waals surface area contributed by atoms with Gasteiger partial charge in [-0.1, -0.05) is 6.42 Å². The van der Waals surface area contributed by atoms with Crippen molar-refractivity contribution in [3.05, 3.63) is 22.4 Å². The van der Waals surface area contributed by atoms with Crippen LogP contribution in [0.4, 0.5) is 0 Å². The first-order chi connectivity index (χ1) is 9.16. The molecule has 0 bridgehead atoms. The fourth-order valence-corrected chi connectivity index (χ4v) is 3.26. The quantitative estimate of drug-likeness (QED) is 0.899. The van der Waals surface area contributed by atoms with E-state index in [1.807, 2.05) is 16.3 Å². The fourth-order valence-electron chi connectivity index (χ4n) is 2.59. The van der Waals surface area contributed by atoms with Gasteiger partial charge in [-0.2, -0.15) is 11.3 Å². The molecule has 0 aliphatic carbocycles. The summed E-state index contributed by atoms with van der Waals surface area (Å²) in [5, 5.41) is 7.62. The first-order valence-electron chi connectivity index (χ1n) is 7.20. The molecular weight excluding hydrogens is 256 g/mol. The van der Waals surface area contributed by atoms with Crippen LogP contribution in [0, 0.1) is 0 Å². The van der Waals surface area contributed by atoms with Crippen LogP contribution in [0.1, 0.15) is 38.7 Å². The van der Waals surface area contributed by atoms with E-state index in [1.54, 1.807) is 11.3 Å². The van der Waals surface area contributed by atoms with Crippen molar-refractivity contribution >= 4 is 17.2 Å². The van der Waals surface area contributed by atoms with Crippen molar-refractivity contribution in [1.82, 2.24) is 10.2 Å². The van der Waals surface area contributed by atoms with E-state index in [9.17, 15) is 4.79 Å². The Morgan fingerprint density at radius 3 is 2.95 bits per heavy atom. The van der Waals surface area contributed by atoms with Gasteiger partial charge in [-0.15, -0.1) is 0 Å². The highest BCUT2D eigenvalue weighted by Crippen LogP contribution is 2.13. The number of carbonyl (C=O) groups is 1. The smallest absolute Gasteiger partial charge is 0.227 e. The summed E-state index contributed by atoms with van der Waals surface area (Å²) in [6.45, 7) is 6.15. The molecule has 1 saturated heterocycles. The van der Waals surface area contributed by atoms with Crippen LogP contribution in [-0.4, -0.2) is 36.0 Å². The van der Waals surface area contributed by atoms with Crippen LogP contribution < -0.4 is 5.32 Å². The molecule has 0 spiro atoms. The maximum Gasteiger partial charge on any atom is 0.227 e. The van der Waals surface area contributed by atoms with Crippen LogP contribution in [0.3, 0.4) is 0 Å². The van der Waals surface area contributed by atoms with Crippen molar-refractivity contribution in [2.45, 2.75) is 51.6 Å². The molecular formula is C15H24N2OS. The Morgan fingerprint density at radius 1 is 1.53 bits per heavy atom. The molecule has 1 N–H and O–H groups in total. The zero-order valence-corrected chi connectivity index (χ0v) is 12.7. The zero-order valence-electron chi connectivity index (χ0n) is 11.9. The lowest BCUT2D eigenvalue weighted by atomic mass is 10.0. The second kappa shape index (κ2) is 7.06. The molecule has 1 aliphatic heterocycles. The molecule has 1 atom stereocenters. The molecule has 1 aromatic rings. The number of rotatable bonds is 5. The molecule has 1 amide bonds. The van der Waals surface area contributed by atoms with E-state index in [0.717, 1.165) is 18.7 Å². The van der Waals surface area contributed by atoms with Gasteiger partial charge in [0.1, 0.15) is 0 Å². The Morgan fingerprint density at radius 2 is 2.37 bits per heavy atom. The molecule has 0 aromatic carbocycles. The number of hydrogen-bond acceptors (Lipinski definition) is 3. The first-order valence-corrected chi connectivity index (χ1v) is 8.15. The summed E-state index contributed by atoms with van der Waals surface area (Å²) in [4.78, 5) is 14.5. The summed E-state index contributed by atoms with van der Waals surface area (Å²) in [6.07, 6.45) is 4.27. The second-order valence-corrected chi connectivity index (χ2v) is 6.38. The summed E-state index contributed by atoms with van der Waals surface area (Å²) >= 11 is 1.65. The zero-order chi connectivity index (χ0) is 13.7. The van der Waals surface area contributed by atoms with E-state index in [2.05, 4.69) is 24.5 Å². The number of amides is 1. The molecule has 1 fully saturated rings. The molecule has 2 heterocycles. The van der Waals surface area contributed by atoms with Crippen LogP contribution in [0.5, 0.6) is 0 Å². The summed E-state index contributed by atoms with van der Waals surface area (Å²) < 4.78 is 0. The molecule has 1 aliphatic rings. The Labute approximate surface area is 120 Å². The van der Waals surface area contributed by atoms with Gasteiger partial charge in [-0.25, -0.2) is 0 Å². The second-order valence-electron chi connectivity index (χ2n) is 5.60. The SMILES string of the molecule is CC(C)N(CC1CCCCN1)C(=O)Cc1ccsc1. The van der Waals surface area contributed by atoms with Gasteiger partial charge in [-0.3, -0.25) is 4.79 Å². The van der Waals surface area contributed by atoms with Gasteiger partial charge < -0.3 is 10.2 Å². The van der Waals surface area contributed by atoms with Crippen LogP contribution in [0.2, 0.25) is 0 Å². The minimum atomic E-state index is 0.251. The molecule has 3 nitrogen and oxygen atoms in total. The molecule has 0 saturated carbocycles. The summed E-state index contributed by atoms with van der Waals surface area (Å²) in [7, 11) is 0. The van der Waals surface area contributed by atoms with Gasteiger partial charge in [0.25, 0.3) is 0 Å². The number of thiophene rings is 1. The molecule has 106 valence electrons. The highest BCUT2D eigenvalue weighted by Gasteiger charge is 2.22. The minimum absolute atomic E-state index is 0.251. The van der Waals surface area contributed by atoms with E-state index in [4.69, 9.17) is 0 Å². The lowest BCUT2D eigenvalue weighted by molar-refractivity contribution is -0.132. The molecule has 0 radical (unpaired) electrons. The first kappa shape index (κ1) is 14.5. The van der Waals surface area contributed by atoms with Gasteiger partial charge in [0.05, 0.1) is 6.42 Å². The van der Waals surface area contributed by atoms with Crippen molar-refractivity contribution < 1.29 is 4.79 Å². The van der Waals surface area contributed by atoms with Gasteiger partial charge >= 0.3 is 0 Å². The predicted molar refractivity (Wildman–Crippen MR) is 80.5 cm³/mol. The van der Waals surface area contributed by atoms with E-state index in [-0.39, 0.29) is 11.9 Å². The van der Waals surface area contributed by atoms with Gasteiger partial charge in [0, 0.05) is 18.6 Å². The van der Waals surface area contributed by atoms with Crippen LogP contribution >= 0.6 is 11.3 Å². The van der Waals surface area contributed by atoms with Crippen LogP contribution in [0.15, 0.2) is 16.8 Å². The highest BCUT2D eigenvalue weighted by molar-refractivity contribution is 7.07. The average Bonchev–Trinajstić information content (AvgIpc) is 2.89. The van der Waals surface area contributed by atoms with Crippen LogP contribution in [-0.2, 0) is 11.2 Å². The van der Waals surface area contributed by atoms with E-state index >= 15 is 0 Å². The van der Waals surface area contributed by atoms with Gasteiger partial charge in [0.15, 0.2) is 0 Å². The largest absolute Gasteiger partial charge is 0.338 e. The summed E-state index contributed by atoms with van der Waals surface area (Å²) in [6, 6.07) is 2.79. The Balaban J connectivity index is 1.92. The molecule has 1 unspecified atom stereocenters. The van der Waals surface area contributed by atoms with Crippen molar-refractivity contribution in [2.75, 3.05) is 13.1 Å². The average molecular weight is 280 g/mol. The normalized spacial score (nSPS) is 19.6. The maximum atomic E-state index is 12.4. The standard InChI is InChI=1S/C15H24N2OS/c1-12(2)17(10-14-5-3-4-7-16-14)15(18)9-13-6-8-19-11-13/h6,8,11-12,14,16H,3-5,7,9-10H2,1-2H3. The summed E-state index contributed by atoms with van der Waals surface area (Å²) in [5.41, 5.74) is 1.14. The number of hydrogen-bond donors (Lipinski definition) is 1. The number of nitrogens with zero attached hydrogens (tertiary/aromatic N) is 1. The fraction of sp³-hybridized carbons (Fsp3) is 0.667. The minimum Gasteiger partial charge on any atom is -0.338 e. The predicted octanol–water partition coefficient (Wildman–Crippen LogP) is 2.67. The topological polar surface area (TPSA) is 32.3 Å². The molecule has 1 aromatic heterocycles. The third-order valence-corrected chi connectivity index (χ3v) is 4.44. The molecule has 4 heteroatoms. The lowest BCUT2D eigenvalue weighted by Gasteiger charge is -2.33. The van der Waals surface area contributed by atoms with Crippen molar-refractivity contribution in [3.63, 3.8) is 0 Å². The van der Waals surface area contributed by atoms with E-state index in [0.29, 0.717) is 12.5 Å². The number of carbonyl (C=O) groups excluding carboxylic acids is 1. The van der Waals surface area contributed by atoms with E-state index in [1.165, 1.54) is 19.3 Å². The van der Waals surface area contributed by atoms with Gasteiger partial charge in [0.2, 0.25) is 5.91 Å². The van der Waals surface area contributed by atoms with Crippen LogP contribution in [0.25, 0.3) is 0 Å². The third-order valence-electron chi connectivity index (χ3n) is 3.71.